The summed E-state index contributed by atoms with van der Waals surface area (Å²) in [5, 5.41) is 3.50. The van der Waals surface area contributed by atoms with E-state index >= 15 is 0 Å². The van der Waals surface area contributed by atoms with Gasteiger partial charge in [0.25, 0.3) is 5.91 Å². The number of nitrogens with zero attached hydrogens (tertiary/aromatic N) is 1. The molecule has 1 aromatic carbocycles. The molecule has 2 aliphatic heterocycles. The summed E-state index contributed by atoms with van der Waals surface area (Å²) in [6.45, 7) is 4.13. The van der Waals surface area contributed by atoms with E-state index in [2.05, 4.69) is 34.5 Å². The van der Waals surface area contributed by atoms with Crippen molar-refractivity contribution in [3.8, 4) is 0 Å². The summed E-state index contributed by atoms with van der Waals surface area (Å²) in [6, 6.07) is 8.55. The minimum atomic E-state index is 0. The van der Waals surface area contributed by atoms with E-state index in [9.17, 15) is 4.79 Å². The van der Waals surface area contributed by atoms with Gasteiger partial charge >= 0.3 is 0 Å². The molecule has 1 N–H and O–H groups in total. The lowest BCUT2D eigenvalue weighted by Crippen LogP contribution is -2.32. The molecular formula is C21H31ClN2O. The van der Waals surface area contributed by atoms with Crippen LogP contribution in [0, 0.1) is 11.8 Å². The largest absolute Gasteiger partial charge is 0.339 e. The molecule has 2 saturated heterocycles. The Morgan fingerprint density at radius 2 is 1.48 bits per heavy atom. The Bertz CT molecular complexity index is 554. The van der Waals surface area contributed by atoms with Gasteiger partial charge in [-0.1, -0.05) is 31.4 Å². The van der Waals surface area contributed by atoms with Crippen molar-refractivity contribution in [1.82, 2.24) is 10.2 Å². The average molecular weight is 363 g/mol. The van der Waals surface area contributed by atoms with Gasteiger partial charge in [-0.3, -0.25) is 4.79 Å². The van der Waals surface area contributed by atoms with E-state index in [1.807, 2.05) is 0 Å². The molecule has 0 radical (unpaired) electrons. The molecule has 138 valence electrons. The number of halogens is 1. The van der Waals surface area contributed by atoms with Crippen LogP contribution in [0.4, 0.5) is 0 Å². The molecule has 4 heteroatoms. The van der Waals surface area contributed by atoms with Gasteiger partial charge in [0.05, 0.1) is 0 Å². The summed E-state index contributed by atoms with van der Waals surface area (Å²) in [5.41, 5.74) is 2.31. The molecule has 0 bridgehead atoms. The van der Waals surface area contributed by atoms with Gasteiger partial charge in [-0.25, -0.2) is 0 Å². The van der Waals surface area contributed by atoms with Gasteiger partial charge in [0.1, 0.15) is 0 Å². The maximum atomic E-state index is 12.9. The molecule has 4 rings (SSSR count). The molecule has 3 fully saturated rings. The van der Waals surface area contributed by atoms with Crippen LogP contribution >= 0.6 is 12.4 Å². The lowest BCUT2D eigenvalue weighted by molar-refractivity contribution is 0.0758. The van der Waals surface area contributed by atoms with Crippen molar-refractivity contribution in [2.75, 3.05) is 26.2 Å². The van der Waals surface area contributed by atoms with Crippen LogP contribution < -0.4 is 5.32 Å². The van der Waals surface area contributed by atoms with Crippen molar-refractivity contribution in [1.29, 1.82) is 0 Å². The molecule has 1 amide bonds. The summed E-state index contributed by atoms with van der Waals surface area (Å²) in [7, 11) is 0. The number of amides is 1. The minimum Gasteiger partial charge on any atom is -0.339 e. The van der Waals surface area contributed by atoms with Crippen molar-refractivity contribution in [3.63, 3.8) is 0 Å². The number of likely N-dealkylation sites (tertiary alicyclic amines) is 1. The second-order valence-electron chi connectivity index (χ2n) is 8.00. The van der Waals surface area contributed by atoms with Gasteiger partial charge in [0.15, 0.2) is 0 Å². The summed E-state index contributed by atoms with van der Waals surface area (Å²) in [5.74, 6) is 2.50. The van der Waals surface area contributed by atoms with Crippen LogP contribution in [0.15, 0.2) is 24.3 Å². The van der Waals surface area contributed by atoms with E-state index in [4.69, 9.17) is 0 Å². The van der Waals surface area contributed by atoms with Crippen LogP contribution in [0.2, 0.25) is 0 Å². The van der Waals surface area contributed by atoms with Gasteiger partial charge < -0.3 is 10.2 Å². The number of carbonyl (C=O) groups is 1. The highest BCUT2D eigenvalue weighted by Crippen LogP contribution is 2.33. The lowest BCUT2D eigenvalue weighted by Gasteiger charge is -2.23. The molecular weight excluding hydrogens is 332 g/mol. The van der Waals surface area contributed by atoms with Crippen molar-refractivity contribution in [2.24, 2.45) is 11.8 Å². The normalized spacial score (nSPS) is 27.3. The van der Waals surface area contributed by atoms with Crippen LogP contribution in [0.5, 0.6) is 0 Å². The van der Waals surface area contributed by atoms with Gasteiger partial charge in [0, 0.05) is 18.7 Å². The molecule has 2 heterocycles. The molecule has 3 aliphatic rings. The fraction of sp³-hybridized carbons (Fsp3) is 0.667. The third kappa shape index (κ3) is 4.20. The summed E-state index contributed by atoms with van der Waals surface area (Å²) >= 11 is 0. The molecule has 0 aromatic heterocycles. The van der Waals surface area contributed by atoms with E-state index in [1.54, 1.807) is 0 Å². The molecule has 0 spiro atoms. The number of carbonyl (C=O) groups excluding carboxylic acids is 1. The summed E-state index contributed by atoms with van der Waals surface area (Å²) in [4.78, 5) is 15.0. The van der Waals surface area contributed by atoms with Crippen molar-refractivity contribution < 1.29 is 4.79 Å². The first-order valence-electron chi connectivity index (χ1n) is 9.91. The molecule has 2 atom stereocenters. The van der Waals surface area contributed by atoms with Crippen LogP contribution in [0.3, 0.4) is 0 Å². The van der Waals surface area contributed by atoms with Crippen molar-refractivity contribution in [3.05, 3.63) is 35.4 Å². The Balaban J connectivity index is 0.00000182. The number of rotatable bonds is 2. The highest BCUT2D eigenvalue weighted by Gasteiger charge is 2.31. The number of hydrogen-bond acceptors (Lipinski definition) is 2. The second kappa shape index (κ2) is 8.55. The highest BCUT2D eigenvalue weighted by atomic mass is 35.5. The number of fused-ring (bicyclic) bond motifs is 1. The van der Waals surface area contributed by atoms with E-state index in [0.717, 1.165) is 56.4 Å². The zero-order valence-corrected chi connectivity index (χ0v) is 15.9. The first-order valence-corrected chi connectivity index (χ1v) is 9.91. The number of hydrogen-bond donors (Lipinski definition) is 1. The maximum Gasteiger partial charge on any atom is 0.253 e. The van der Waals surface area contributed by atoms with E-state index in [1.165, 1.54) is 37.7 Å². The maximum absolute atomic E-state index is 12.9. The van der Waals surface area contributed by atoms with Gasteiger partial charge in [-0.15, -0.1) is 12.4 Å². The highest BCUT2D eigenvalue weighted by molar-refractivity contribution is 5.94. The van der Waals surface area contributed by atoms with Crippen molar-refractivity contribution in [2.45, 2.75) is 50.9 Å². The Labute approximate surface area is 158 Å². The summed E-state index contributed by atoms with van der Waals surface area (Å²) in [6.07, 6.45) is 9.05. The molecule has 25 heavy (non-hydrogen) atoms. The topological polar surface area (TPSA) is 32.3 Å². The quantitative estimate of drug-likeness (QED) is 0.853. The Morgan fingerprint density at radius 1 is 0.880 bits per heavy atom. The molecule has 1 aliphatic carbocycles. The number of nitrogens with one attached hydrogen (secondary N) is 1. The third-order valence-electron chi connectivity index (χ3n) is 6.54. The smallest absolute Gasteiger partial charge is 0.253 e. The first-order chi connectivity index (χ1) is 11.8. The Kier molecular flexibility index (Phi) is 6.40. The van der Waals surface area contributed by atoms with Crippen molar-refractivity contribution >= 4 is 18.3 Å². The second-order valence-corrected chi connectivity index (χ2v) is 8.00. The zero-order chi connectivity index (χ0) is 16.4. The van der Waals surface area contributed by atoms with Gasteiger partial charge in [-0.05, 0) is 74.2 Å². The molecule has 1 saturated carbocycles. The van der Waals surface area contributed by atoms with Gasteiger partial charge in [0.2, 0.25) is 0 Å². The van der Waals surface area contributed by atoms with E-state index in [-0.39, 0.29) is 18.3 Å². The standard InChI is InChI=1S/C21H30N2O.ClH/c24-21(23-12-10-19-14-22-15-20(19)11-13-23)18-8-6-17(7-9-18)16-4-2-1-3-5-16;/h6-9,16,19-20,22H,1-5,10-15H2;1H/t19-,20+;. The fourth-order valence-electron chi connectivity index (χ4n) is 4.94. The number of benzene rings is 1. The molecule has 1 aromatic rings. The Hall–Kier alpha value is -1.06. The predicted octanol–water partition coefficient (Wildman–Crippen LogP) is 4.23. The average Bonchev–Trinajstić information content (AvgIpc) is 3.00. The Morgan fingerprint density at radius 3 is 2.08 bits per heavy atom. The van der Waals surface area contributed by atoms with E-state index in [0.29, 0.717) is 5.92 Å². The third-order valence-corrected chi connectivity index (χ3v) is 6.54. The molecule has 3 nitrogen and oxygen atoms in total. The zero-order valence-electron chi connectivity index (χ0n) is 15.1. The minimum absolute atomic E-state index is 0. The van der Waals surface area contributed by atoms with Crippen LogP contribution in [-0.2, 0) is 0 Å². The van der Waals surface area contributed by atoms with Gasteiger partial charge in [-0.2, -0.15) is 0 Å². The lowest BCUT2D eigenvalue weighted by atomic mass is 9.84. The molecule has 0 unspecified atom stereocenters. The predicted molar refractivity (Wildman–Crippen MR) is 105 cm³/mol. The van der Waals surface area contributed by atoms with E-state index < -0.39 is 0 Å². The van der Waals surface area contributed by atoms with Crippen LogP contribution in [-0.4, -0.2) is 37.0 Å². The monoisotopic (exact) mass is 362 g/mol. The fourth-order valence-corrected chi connectivity index (χ4v) is 4.94. The van der Waals surface area contributed by atoms with Crippen LogP contribution in [0.1, 0.15) is 66.8 Å². The SMILES string of the molecule is Cl.O=C(c1ccc(C2CCCCC2)cc1)N1CC[C@@H]2CNC[C@@H]2CC1. The first kappa shape index (κ1) is 18.7. The van der Waals surface area contributed by atoms with Crippen LogP contribution in [0.25, 0.3) is 0 Å². The summed E-state index contributed by atoms with van der Waals surface area (Å²) < 4.78 is 0.